The second-order valence-electron chi connectivity index (χ2n) is 1.79. The maximum Gasteiger partial charge on any atom is 0.119 e. The number of rotatable bonds is 1. The summed E-state index contributed by atoms with van der Waals surface area (Å²) < 4.78 is 0. The van der Waals surface area contributed by atoms with Gasteiger partial charge in [-0.1, -0.05) is 0 Å². The van der Waals surface area contributed by atoms with Gasteiger partial charge in [0.2, 0.25) is 0 Å². The number of hydrogen-bond donors (Lipinski definition) is 1. The van der Waals surface area contributed by atoms with E-state index in [-0.39, 0.29) is 0 Å². The van der Waals surface area contributed by atoms with Crippen LogP contribution < -0.4 is 0 Å². The first-order chi connectivity index (χ1) is 3.63. The molecule has 0 heterocycles. The van der Waals surface area contributed by atoms with Crippen molar-refractivity contribution in [3.8, 4) is 0 Å². The van der Waals surface area contributed by atoms with Crippen LogP contribution in [-0.2, 0) is 0 Å². The van der Waals surface area contributed by atoms with Crippen LogP contribution in [0.25, 0.3) is 0 Å². The summed E-state index contributed by atoms with van der Waals surface area (Å²) in [5.41, 5.74) is 0. The Kier molecular flexibility index (Phi) is 2.84. The van der Waals surface area contributed by atoms with Crippen molar-refractivity contribution in [2.75, 3.05) is 14.1 Å². The van der Waals surface area contributed by atoms with E-state index in [0.717, 1.165) is 0 Å². The van der Waals surface area contributed by atoms with E-state index in [4.69, 9.17) is 5.41 Å². The summed E-state index contributed by atoms with van der Waals surface area (Å²) in [5.74, 6) is 0.332. The lowest BCUT2D eigenvalue weighted by Gasteiger charge is -1.99. The average Bonchev–Trinajstić information content (AvgIpc) is 1.61. The summed E-state index contributed by atoms with van der Waals surface area (Å²) in [7, 11) is 3.74. The highest BCUT2D eigenvalue weighted by atomic mass is 15.1. The first kappa shape index (κ1) is 7.14. The van der Waals surface area contributed by atoms with Gasteiger partial charge in [0.25, 0.3) is 0 Å². The minimum atomic E-state index is 0.332. The van der Waals surface area contributed by atoms with Crippen molar-refractivity contribution >= 4 is 12.2 Å². The maximum absolute atomic E-state index is 6.86. The normalized spacial score (nSPS) is 9.88. The van der Waals surface area contributed by atoms with Crippen LogP contribution in [0, 0.1) is 5.41 Å². The van der Waals surface area contributed by atoms with Crippen LogP contribution in [0.2, 0.25) is 0 Å². The van der Waals surface area contributed by atoms with Crippen LogP contribution >= 0.6 is 0 Å². The van der Waals surface area contributed by atoms with Gasteiger partial charge in [0.1, 0.15) is 5.84 Å². The molecule has 0 bridgehead atoms. The lowest BCUT2D eigenvalue weighted by molar-refractivity contribution is 0.644. The van der Waals surface area contributed by atoms with Crippen molar-refractivity contribution in [2.45, 2.75) is 6.92 Å². The number of aliphatic imine (C=N–C) groups is 1. The highest BCUT2D eigenvalue weighted by Crippen LogP contribution is 1.70. The predicted molar refractivity (Wildman–Crippen MR) is 35.6 cm³/mol. The van der Waals surface area contributed by atoms with Crippen LogP contribution in [0.5, 0.6) is 0 Å². The van der Waals surface area contributed by atoms with Gasteiger partial charge in [0, 0.05) is 14.1 Å². The molecule has 0 atom stereocenters. The van der Waals surface area contributed by atoms with Gasteiger partial charge in [0.05, 0.1) is 6.34 Å². The largest absolute Gasteiger partial charge is 0.369 e. The lowest BCUT2D eigenvalue weighted by atomic mass is 10.7. The van der Waals surface area contributed by atoms with E-state index in [1.807, 2.05) is 14.1 Å². The number of nitrogens with one attached hydrogen (secondary N) is 1. The fourth-order valence-electron chi connectivity index (χ4n) is 0.202. The fraction of sp³-hybridized carbons (Fsp3) is 0.600. The molecular formula is C5H11N3. The number of amidine groups is 1. The van der Waals surface area contributed by atoms with Crippen LogP contribution in [0.15, 0.2) is 4.99 Å². The molecule has 3 nitrogen and oxygen atoms in total. The van der Waals surface area contributed by atoms with Crippen molar-refractivity contribution in [3.05, 3.63) is 0 Å². The minimum Gasteiger partial charge on any atom is -0.369 e. The molecule has 1 N–H and O–H groups in total. The van der Waals surface area contributed by atoms with Crippen molar-refractivity contribution in [1.29, 1.82) is 5.41 Å². The van der Waals surface area contributed by atoms with Gasteiger partial charge in [0.15, 0.2) is 0 Å². The van der Waals surface area contributed by atoms with Gasteiger partial charge in [-0.05, 0) is 6.92 Å². The molecule has 0 radical (unpaired) electrons. The summed E-state index contributed by atoms with van der Waals surface area (Å²) in [6, 6.07) is 0. The molecule has 0 aromatic carbocycles. The molecule has 0 aromatic heterocycles. The molecule has 3 heteroatoms. The lowest BCUT2D eigenvalue weighted by Crippen LogP contribution is -2.08. The smallest absolute Gasteiger partial charge is 0.119 e. The first-order valence-electron chi connectivity index (χ1n) is 2.38. The Bertz CT molecular complexity index is 104. The SMILES string of the molecule is CC(=N)/N=C\N(C)C. The van der Waals surface area contributed by atoms with E-state index in [2.05, 4.69) is 4.99 Å². The molecule has 8 heavy (non-hydrogen) atoms. The van der Waals surface area contributed by atoms with Crippen molar-refractivity contribution in [2.24, 2.45) is 4.99 Å². The molecule has 0 amide bonds. The zero-order chi connectivity index (χ0) is 6.57. The molecule has 0 aliphatic carbocycles. The molecule has 0 fully saturated rings. The topological polar surface area (TPSA) is 39.5 Å². The monoisotopic (exact) mass is 113 g/mol. The average molecular weight is 113 g/mol. The second kappa shape index (κ2) is 3.18. The third kappa shape index (κ3) is 5.14. The molecule has 0 aromatic rings. The molecule has 0 aliphatic heterocycles. The maximum atomic E-state index is 6.86. The molecule has 0 saturated carbocycles. The van der Waals surface area contributed by atoms with Crippen molar-refractivity contribution in [1.82, 2.24) is 4.90 Å². The van der Waals surface area contributed by atoms with Crippen LogP contribution in [-0.4, -0.2) is 31.2 Å². The Balaban J connectivity index is 3.50. The Morgan fingerprint density at radius 3 is 2.25 bits per heavy atom. The first-order valence-corrected chi connectivity index (χ1v) is 2.38. The Labute approximate surface area is 49.5 Å². The Morgan fingerprint density at radius 1 is 1.62 bits per heavy atom. The predicted octanol–water partition coefficient (Wildman–Crippen LogP) is 0.573. The number of nitrogens with zero attached hydrogens (tertiary/aromatic N) is 2. The van der Waals surface area contributed by atoms with Crippen LogP contribution in [0.1, 0.15) is 6.92 Å². The molecule has 0 rings (SSSR count). The van der Waals surface area contributed by atoms with Gasteiger partial charge in [-0.25, -0.2) is 4.99 Å². The summed E-state index contributed by atoms with van der Waals surface area (Å²) in [4.78, 5) is 5.50. The van der Waals surface area contributed by atoms with E-state index in [1.54, 1.807) is 18.2 Å². The van der Waals surface area contributed by atoms with Gasteiger partial charge in [-0.2, -0.15) is 0 Å². The third-order valence-corrected chi connectivity index (χ3v) is 0.482. The second-order valence-corrected chi connectivity index (χ2v) is 1.79. The Morgan fingerprint density at radius 2 is 2.12 bits per heavy atom. The standard InChI is InChI=1S/C5H11N3/c1-5(6)7-4-8(2)3/h4,6H,1-3H3/b6-5?,7-4-. The van der Waals surface area contributed by atoms with Crippen LogP contribution in [0.3, 0.4) is 0 Å². The Hall–Kier alpha value is -0.860. The van der Waals surface area contributed by atoms with Crippen molar-refractivity contribution < 1.29 is 0 Å². The molecule has 0 unspecified atom stereocenters. The summed E-state index contributed by atoms with van der Waals surface area (Å²) >= 11 is 0. The highest BCUT2D eigenvalue weighted by molar-refractivity contribution is 5.84. The molecule has 0 aliphatic rings. The fourth-order valence-corrected chi connectivity index (χ4v) is 0.202. The van der Waals surface area contributed by atoms with E-state index in [9.17, 15) is 0 Å². The highest BCUT2D eigenvalue weighted by Gasteiger charge is 1.76. The zero-order valence-electron chi connectivity index (χ0n) is 5.47. The van der Waals surface area contributed by atoms with Gasteiger partial charge in [-0.3, -0.25) is 5.41 Å². The molecule has 46 valence electrons. The van der Waals surface area contributed by atoms with E-state index < -0.39 is 0 Å². The summed E-state index contributed by atoms with van der Waals surface area (Å²) in [6.45, 7) is 1.64. The van der Waals surface area contributed by atoms with E-state index in [1.165, 1.54) is 0 Å². The number of hydrogen-bond acceptors (Lipinski definition) is 1. The van der Waals surface area contributed by atoms with E-state index in [0.29, 0.717) is 5.84 Å². The van der Waals surface area contributed by atoms with Gasteiger partial charge < -0.3 is 4.90 Å². The van der Waals surface area contributed by atoms with Crippen molar-refractivity contribution in [3.63, 3.8) is 0 Å². The van der Waals surface area contributed by atoms with Gasteiger partial charge >= 0.3 is 0 Å². The quantitative estimate of drug-likeness (QED) is 0.392. The summed E-state index contributed by atoms with van der Waals surface area (Å²) in [6.07, 6.45) is 1.60. The summed E-state index contributed by atoms with van der Waals surface area (Å²) in [5, 5.41) is 6.86. The molecule has 0 saturated heterocycles. The molecule has 0 spiro atoms. The molecular weight excluding hydrogens is 102 g/mol. The third-order valence-electron chi connectivity index (χ3n) is 0.482. The van der Waals surface area contributed by atoms with Gasteiger partial charge in [-0.15, -0.1) is 0 Å². The minimum absolute atomic E-state index is 0.332. The van der Waals surface area contributed by atoms with Crippen LogP contribution in [0.4, 0.5) is 0 Å². The van der Waals surface area contributed by atoms with E-state index >= 15 is 0 Å². The zero-order valence-corrected chi connectivity index (χ0v) is 5.47.